The number of carbonyl (C=O) groups is 3. The van der Waals surface area contributed by atoms with Crippen LogP contribution in [0.2, 0.25) is 0 Å². The number of rotatable bonds is 4. The molecule has 2 heterocycles. The van der Waals surface area contributed by atoms with Gasteiger partial charge in [0, 0.05) is 34.0 Å². The van der Waals surface area contributed by atoms with Crippen molar-refractivity contribution in [3.05, 3.63) is 42.5 Å². The maximum absolute atomic E-state index is 13.0. The van der Waals surface area contributed by atoms with E-state index in [9.17, 15) is 14.4 Å². The molecule has 3 unspecified atom stereocenters. The molecule has 6 heteroatoms. The molecule has 1 aliphatic carbocycles. The van der Waals surface area contributed by atoms with Crippen molar-refractivity contribution in [3.8, 4) is 0 Å². The van der Waals surface area contributed by atoms with Gasteiger partial charge in [-0.2, -0.15) is 0 Å². The van der Waals surface area contributed by atoms with E-state index in [1.807, 2.05) is 30.3 Å². The predicted octanol–water partition coefficient (Wildman–Crippen LogP) is 4.32. The molecule has 5 rings (SSSR count). The molecule has 6 nitrogen and oxygen atoms in total. The quantitative estimate of drug-likeness (QED) is 0.643. The summed E-state index contributed by atoms with van der Waals surface area (Å²) in [5, 5.41) is 5.14. The lowest BCUT2D eigenvalue weighted by molar-refractivity contribution is -0.146. The summed E-state index contributed by atoms with van der Waals surface area (Å²) < 4.78 is 2.25. The summed E-state index contributed by atoms with van der Waals surface area (Å²) in [7, 11) is 0. The maximum Gasteiger partial charge on any atom is 0.247 e. The summed E-state index contributed by atoms with van der Waals surface area (Å²) >= 11 is 0. The molecule has 3 atom stereocenters. The third-order valence-electron chi connectivity index (χ3n) is 7.00. The summed E-state index contributed by atoms with van der Waals surface area (Å²) in [5.41, 5.74) is 2.94. The normalized spacial score (nSPS) is 22.2. The number of aromatic nitrogens is 1. The van der Waals surface area contributed by atoms with Crippen LogP contribution in [0.15, 0.2) is 42.5 Å². The Morgan fingerprint density at radius 2 is 1.65 bits per heavy atom. The van der Waals surface area contributed by atoms with Crippen LogP contribution < -0.4 is 5.32 Å². The predicted molar refractivity (Wildman–Crippen MR) is 121 cm³/mol. The van der Waals surface area contributed by atoms with E-state index in [4.69, 9.17) is 0 Å². The minimum absolute atomic E-state index is 0.182. The van der Waals surface area contributed by atoms with Gasteiger partial charge < -0.3 is 9.88 Å². The summed E-state index contributed by atoms with van der Waals surface area (Å²) in [6.07, 6.45) is 3.44. The molecule has 0 bridgehead atoms. The lowest BCUT2D eigenvalue weighted by Gasteiger charge is -2.22. The number of carbonyl (C=O) groups excluding carboxylic acids is 3. The molecule has 2 aromatic carbocycles. The number of likely N-dealkylation sites (tertiary alicyclic amines) is 1. The van der Waals surface area contributed by atoms with E-state index >= 15 is 0 Å². The number of anilines is 1. The summed E-state index contributed by atoms with van der Waals surface area (Å²) in [4.78, 5) is 39.9. The van der Waals surface area contributed by atoms with Gasteiger partial charge in [-0.25, -0.2) is 0 Å². The van der Waals surface area contributed by atoms with Crippen LogP contribution in [0.4, 0.5) is 5.69 Å². The lowest BCUT2D eigenvalue weighted by atomic mass is 9.81. The van der Waals surface area contributed by atoms with Crippen LogP contribution in [0, 0.1) is 11.8 Å². The minimum atomic E-state index is -0.821. The first-order chi connectivity index (χ1) is 15.0. The number of amides is 3. The van der Waals surface area contributed by atoms with Crippen LogP contribution in [-0.4, -0.2) is 33.2 Å². The summed E-state index contributed by atoms with van der Waals surface area (Å²) in [6, 6.07) is 13.3. The molecule has 1 aromatic heterocycles. The first-order valence-corrected chi connectivity index (χ1v) is 11.2. The first kappa shape index (κ1) is 19.8. The van der Waals surface area contributed by atoms with Crippen LogP contribution in [0.1, 0.15) is 39.5 Å². The van der Waals surface area contributed by atoms with Crippen molar-refractivity contribution >= 4 is 45.2 Å². The van der Waals surface area contributed by atoms with Crippen LogP contribution >= 0.6 is 0 Å². The second-order valence-corrected chi connectivity index (χ2v) is 8.70. The Morgan fingerprint density at radius 3 is 2.32 bits per heavy atom. The van der Waals surface area contributed by atoms with Gasteiger partial charge >= 0.3 is 0 Å². The van der Waals surface area contributed by atoms with Crippen molar-refractivity contribution in [1.82, 2.24) is 9.47 Å². The molecule has 0 spiro atoms. The zero-order valence-corrected chi connectivity index (χ0v) is 17.9. The number of nitrogens with one attached hydrogen (secondary N) is 1. The molecule has 0 radical (unpaired) electrons. The van der Waals surface area contributed by atoms with Gasteiger partial charge in [0.2, 0.25) is 17.7 Å². The molecular formula is C25H27N3O3. The number of nitrogens with zero attached hydrogens (tertiary/aromatic N) is 2. The number of aryl methyl sites for hydroxylation is 1. The Bertz CT molecular complexity index is 1190. The SMILES string of the molecule is CCn1c2ccccc2c2cc(NC(=O)C(C)N3C(=O)C4CCCCC4C3=O)ccc21. The van der Waals surface area contributed by atoms with Crippen molar-refractivity contribution in [3.63, 3.8) is 0 Å². The largest absolute Gasteiger partial charge is 0.341 e. The molecule has 160 valence electrons. The first-order valence-electron chi connectivity index (χ1n) is 11.2. The van der Waals surface area contributed by atoms with Crippen LogP contribution in [0.25, 0.3) is 21.8 Å². The molecule has 1 aliphatic heterocycles. The van der Waals surface area contributed by atoms with Crippen molar-refractivity contribution in [1.29, 1.82) is 0 Å². The standard InChI is InChI=1S/C25H27N3O3/c1-3-27-21-11-7-6-8-17(21)20-14-16(12-13-22(20)27)26-23(29)15(2)28-24(30)18-9-4-5-10-19(18)25(28)31/h6-8,11-15,18-19H,3-5,9-10H2,1-2H3,(H,26,29). The minimum Gasteiger partial charge on any atom is -0.341 e. The molecule has 1 saturated heterocycles. The Hall–Kier alpha value is -3.15. The third-order valence-corrected chi connectivity index (χ3v) is 7.00. The zero-order valence-electron chi connectivity index (χ0n) is 17.9. The third kappa shape index (κ3) is 3.04. The smallest absolute Gasteiger partial charge is 0.247 e. The molecule has 2 fully saturated rings. The number of benzene rings is 2. The van der Waals surface area contributed by atoms with Gasteiger partial charge in [0.1, 0.15) is 6.04 Å². The molecular weight excluding hydrogens is 390 g/mol. The number of para-hydroxylation sites is 1. The Morgan fingerprint density at radius 1 is 1.00 bits per heavy atom. The second-order valence-electron chi connectivity index (χ2n) is 8.70. The van der Waals surface area contributed by atoms with E-state index in [-0.39, 0.29) is 29.6 Å². The molecule has 31 heavy (non-hydrogen) atoms. The number of hydrogen-bond acceptors (Lipinski definition) is 3. The summed E-state index contributed by atoms with van der Waals surface area (Å²) in [6.45, 7) is 4.61. The van der Waals surface area contributed by atoms with E-state index in [1.54, 1.807) is 6.92 Å². The number of hydrogen-bond donors (Lipinski definition) is 1. The second kappa shape index (κ2) is 7.52. The highest BCUT2D eigenvalue weighted by atomic mass is 16.2. The Kier molecular flexibility index (Phi) is 4.80. The van der Waals surface area contributed by atoms with Crippen molar-refractivity contribution in [2.24, 2.45) is 11.8 Å². The highest BCUT2D eigenvalue weighted by Crippen LogP contribution is 2.39. The summed E-state index contributed by atoms with van der Waals surface area (Å²) in [5.74, 6) is -1.18. The fraction of sp³-hybridized carbons (Fsp3) is 0.400. The van der Waals surface area contributed by atoms with E-state index in [0.29, 0.717) is 5.69 Å². The molecule has 3 amide bonds. The zero-order chi connectivity index (χ0) is 21.7. The highest BCUT2D eigenvalue weighted by molar-refractivity contribution is 6.12. The fourth-order valence-electron chi connectivity index (χ4n) is 5.41. The van der Waals surface area contributed by atoms with E-state index in [0.717, 1.165) is 54.0 Å². The monoisotopic (exact) mass is 417 g/mol. The Balaban J connectivity index is 1.42. The van der Waals surface area contributed by atoms with Gasteiger partial charge in [0.25, 0.3) is 0 Å². The van der Waals surface area contributed by atoms with E-state index < -0.39 is 6.04 Å². The average Bonchev–Trinajstić information content (AvgIpc) is 3.24. The van der Waals surface area contributed by atoms with Crippen LogP contribution in [-0.2, 0) is 20.9 Å². The van der Waals surface area contributed by atoms with Crippen molar-refractivity contribution in [2.45, 2.75) is 52.1 Å². The topological polar surface area (TPSA) is 71.4 Å². The van der Waals surface area contributed by atoms with Gasteiger partial charge in [0.05, 0.1) is 11.8 Å². The average molecular weight is 418 g/mol. The van der Waals surface area contributed by atoms with Crippen LogP contribution in [0.3, 0.4) is 0 Å². The molecule has 2 aliphatic rings. The molecule has 3 aromatic rings. The Labute approximate surface area is 181 Å². The highest BCUT2D eigenvalue weighted by Gasteiger charge is 2.50. The van der Waals surface area contributed by atoms with Gasteiger partial charge in [-0.3, -0.25) is 19.3 Å². The van der Waals surface area contributed by atoms with Crippen molar-refractivity contribution in [2.75, 3.05) is 5.32 Å². The maximum atomic E-state index is 13.0. The molecule has 1 saturated carbocycles. The van der Waals surface area contributed by atoms with Gasteiger partial charge in [-0.05, 0) is 51.0 Å². The van der Waals surface area contributed by atoms with E-state index in [1.165, 1.54) is 4.90 Å². The van der Waals surface area contributed by atoms with Crippen LogP contribution in [0.5, 0.6) is 0 Å². The van der Waals surface area contributed by atoms with Crippen molar-refractivity contribution < 1.29 is 14.4 Å². The van der Waals surface area contributed by atoms with Gasteiger partial charge in [0.15, 0.2) is 0 Å². The molecule has 1 N–H and O–H groups in total. The van der Waals surface area contributed by atoms with Gasteiger partial charge in [-0.15, -0.1) is 0 Å². The van der Waals surface area contributed by atoms with E-state index in [2.05, 4.69) is 28.9 Å². The number of fused-ring (bicyclic) bond motifs is 4. The van der Waals surface area contributed by atoms with Gasteiger partial charge in [-0.1, -0.05) is 31.0 Å². The lowest BCUT2D eigenvalue weighted by Crippen LogP contribution is -2.46. The number of imide groups is 1. The fourth-order valence-corrected chi connectivity index (χ4v) is 5.41.